The Balaban J connectivity index is 0. The molecule has 0 unspecified atom stereocenters. The van der Waals surface area contributed by atoms with Gasteiger partial charge >= 0.3 is 103 Å². The van der Waals surface area contributed by atoms with Crippen molar-refractivity contribution in [2.24, 2.45) is 0 Å². The number of ether oxygens (including phenoxy) is 1. The average Bonchev–Trinajstić information content (AvgIpc) is 2.05. The van der Waals surface area contributed by atoms with Crippen molar-refractivity contribution in [2.45, 2.75) is 0 Å². The molecule has 0 atom stereocenters. The summed E-state index contributed by atoms with van der Waals surface area (Å²) in [7, 11) is -0.373. The molecular weight excluding hydrogens is 221 g/mol. The normalized spacial score (nSPS) is 7.92. The van der Waals surface area contributed by atoms with Crippen LogP contribution in [0.3, 0.4) is 0 Å². The smallest absolute Gasteiger partial charge is 0.889 e. The number of benzene rings is 1. The molecule has 6 heteroatoms. The van der Waals surface area contributed by atoms with Crippen LogP contribution in [0.2, 0.25) is 0 Å². The van der Waals surface area contributed by atoms with Crippen molar-refractivity contribution in [2.75, 3.05) is 7.11 Å². The third-order valence-corrected chi connectivity index (χ3v) is 1.39. The van der Waals surface area contributed by atoms with Crippen LogP contribution in [0.4, 0.5) is 0 Å². The third-order valence-electron chi connectivity index (χ3n) is 1.39. The van der Waals surface area contributed by atoms with Gasteiger partial charge in [-0.15, -0.1) is 5.46 Å². The van der Waals surface area contributed by atoms with Gasteiger partial charge in [-0.1, -0.05) is 19.3 Å². The molecule has 0 saturated carbocycles. The van der Waals surface area contributed by atoms with Gasteiger partial charge < -0.3 is 14.8 Å². The zero-order valence-electron chi connectivity index (χ0n) is 8.11. The van der Waals surface area contributed by atoms with E-state index in [1.165, 1.54) is 19.2 Å². The quantitative estimate of drug-likeness (QED) is 0.472. The summed E-state index contributed by atoms with van der Waals surface area (Å²) in [5, 5.41) is 20.7. The van der Waals surface area contributed by atoms with Crippen LogP contribution in [0, 0.1) is 0 Å². The van der Waals surface area contributed by atoms with Crippen molar-refractivity contribution in [1.82, 2.24) is 0 Å². The Labute approximate surface area is 163 Å². The van der Waals surface area contributed by atoms with Crippen molar-refractivity contribution in [1.29, 1.82) is 0 Å². The molecule has 0 bridgehead atoms. The molecule has 0 spiro atoms. The van der Waals surface area contributed by atoms with Crippen LogP contribution in [0.25, 0.3) is 0 Å². The molecule has 0 saturated heterocycles. The first-order valence-corrected chi connectivity index (χ1v) is 3.19. The number of rotatable bonds is 2. The summed E-state index contributed by atoms with van der Waals surface area (Å²) in [6, 6.07) is 6.14. The van der Waals surface area contributed by atoms with Crippen LogP contribution in [0.1, 0.15) is 0 Å². The Morgan fingerprint density at radius 3 is 1.85 bits per heavy atom. The molecular formula is C7H7BK2O3. The maximum Gasteiger partial charge on any atom is 1.00 e. The van der Waals surface area contributed by atoms with Crippen molar-refractivity contribution in [3.8, 4) is 5.75 Å². The SMILES string of the molecule is COc1ccc(B([O-])[O-])cc1.[K+].[K+]. The molecule has 1 rings (SSSR count). The molecule has 3 nitrogen and oxygen atoms in total. The first kappa shape index (κ1) is 17.7. The predicted octanol–water partition coefficient (Wildman–Crippen LogP) is -7.88. The van der Waals surface area contributed by atoms with Gasteiger partial charge in [-0.3, -0.25) is 0 Å². The van der Waals surface area contributed by atoms with Crippen LogP contribution >= 0.6 is 0 Å². The van der Waals surface area contributed by atoms with E-state index in [1.807, 2.05) is 0 Å². The van der Waals surface area contributed by atoms with E-state index in [-0.39, 0.29) is 108 Å². The summed E-state index contributed by atoms with van der Waals surface area (Å²) in [6.45, 7) is 0. The number of hydrogen-bond donors (Lipinski definition) is 0. The number of methoxy groups -OCH3 is 1. The standard InChI is InChI=1S/C7H7BO3.2K/c1-11-7-4-2-6(3-5-7)8(9)10;;/h2-5H,1H3;;/q-2;2*+1. The van der Waals surface area contributed by atoms with Crippen molar-refractivity contribution < 1.29 is 118 Å². The van der Waals surface area contributed by atoms with Gasteiger partial charge in [0.05, 0.1) is 7.11 Å². The fourth-order valence-corrected chi connectivity index (χ4v) is 0.761. The fraction of sp³-hybridized carbons (Fsp3) is 0.143. The van der Waals surface area contributed by atoms with Crippen molar-refractivity contribution in [3.05, 3.63) is 24.3 Å². The van der Waals surface area contributed by atoms with E-state index in [1.54, 1.807) is 12.1 Å². The fourth-order valence-electron chi connectivity index (χ4n) is 0.761. The van der Waals surface area contributed by atoms with Gasteiger partial charge in [-0.2, -0.15) is 0 Å². The molecule has 0 radical (unpaired) electrons. The molecule has 0 fully saturated rings. The summed E-state index contributed by atoms with van der Waals surface area (Å²) < 4.78 is 4.84. The molecule has 0 amide bonds. The van der Waals surface area contributed by atoms with Gasteiger partial charge in [0.2, 0.25) is 0 Å². The Morgan fingerprint density at radius 1 is 1.08 bits per heavy atom. The second kappa shape index (κ2) is 9.50. The first-order valence-electron chi connectivity index (χ1n) is 3.19. The van der Waals surface area contributed by atoms with E-state index in [2.05, 4.69) is 0 Å². The molecule has 0 aromatic heterocycles. The largest absolute Gasteiger partial charge is 1.00 e. The predicted molar refractivity (Wildman–Crippen MR) is 38.4 cm³/mol. The zero-order valence-corrected chi connectivity index (χ0v) is 14.4. The van der Waals surface area contributed by atoms with Crippen molar-refractivity contribution in [3.63, 3.8) is 0 Å². The zero-order chi connectivity index (χ0) is 8.27. The van der Waals surface area contributed by atoms with Gasteiger partial charge in [-0.25, -0.2) is 0 Å². The van der Waals surface area contributed by atoms with Crippen LogP contribution in [0.15, 0.2) is 24.3 Å². The van der Waals surface area contributed by atoms with Crippen LogP contribution in [-0.2, 0) is 0 Å². The van der Waals surface area contributed by atoms with E-state index in [9.17, 15) is 10.0 Å². The van der Waals surface area contributed by atoms with Crippen LogP contribution in [0.5, 0.6) is 5.75 Å². The Morgan fingerprint density at radius 2 is 1.54 bits per heavy atom. The van der Waals surface area contributed by atoms with Gasteiger partial charge in [0.1, 0.15) is 5.75 Å². The molecule has 0 N–H and O–H groups in total. The maximum atomic E-state index is 10.3. The van der Waals surface area contributed by atoms with Crippen LogP contribution < -0.4 is 123 Å². The molecule has 1 aromatic carbocycles. The second-order valence-corrected chi connectivity index (χ2v) is 2.11. The Kier molecular flexibility index (Phi) is 12.9. The molecule has 1 aromatic rings. The summed E-state index contributed by atoms with van der Waals surface area (Å²) >= 11 is 0. The molecule has 0 aliphatic rings. The molecule has 13 heavy (non-hydrogen) atoms. The van der Waals surface area contributed by atoms with Gasteiger partial charge in [0.15, 0.2) is 0 Å². The summed E-state index contributed by atoms with van der Waals surface area (Å²) in [6.07, 6.45) is 0. The average molecular weight is 228 g/mol. The minimum absolute atomic E-state index is 0. The third kappa shape index (κ3) is 6.44. The minimum atomic E-state index is -1.90. The maximum absolute atomic E-state index is 10.3. The Hall–Kier alpha value is 2.28. The van der Waals surface area contributed by atoms with Gasteiger partial charge in [-0.05, 0) is 12.1 Å². The first-order chi connectivity index (χ1) is 5.24. The molecule has 0 aliphatic carbocycles. The van der Waals surface area contributed by atoms with E-state index in [4.69, 9.17) is 4.74 Å². The molecule has 0 aliphatic heterocycles. The monoisotopic (exact) mass is 228 g/mol. The van der Waals surface area contributed by atoms with Gasteiger partial charge in [0.25, 0.3) is 0 Å². The topological polar surface area (TPSA) is 55.3 Å². The molecule has 58 valence electrons. The summed E-state index contributed by atoms with van der Waals surface area (Å²) in [4.78, 5) is 0. The Bertz CT molecular complexity index is 228. The van der Waals surface area contributed by atoms with E-state index in [0.717, 1.165) is 0 Å². The van der Waals surface area contributed by atoms with E-state index < -0.39 is 7.12 Å². The summed E-state index contributed by atoms with van der Waals surface area (Å²) in [5.74, 6) is 0.648. The summed E-state index contributed by atoms with van der Waals surface area (Å²) in [5.41, 5.74) is 0.241. The van der Waals surface area contributed by atoms with E-state index in [0.29, 0.717) is 5.75 Å². The van der Waals surface area contributed by atoms with Gasteiger partial charge in [0, 0.05) is 0 Å². The second-order valence-electron chi connectivity index (χ2n) is 2.11. The number of hydrogen-bond acceptors (Lipinski definition) is 3. The van der Waals surface area contributed by atoms with E-state index >= 15 is 0 Å². The van der Waals surface area contributed by atoms with Crippen LogP contribution in [-0.4, -0.2) is 14.2 Å². The van der Waals surface area contributed by atoms with Crippen molar-refractivity contribution >= 4 is 12.6 Å². The molecule has 0 heterocycles. The minimum Gasteiger partial charge on any atom is -0.889 e.